The highest BCUT2D eigenvalue weighted by molar-refractivity contribution is 14.0. The Hall–Kier alpha value is -1.12. The number of rotatable bonds is 6. The minimum Gasteiger partial charge on any atom is -0.365 e. The lowest BCUT2D eigenvalue weighted by Gasteiger charge is -2.21. The first-order chi connectivity index (χ1) is 11.2. The number of para-hydroxylation sites is 1. The summed E-state index contributed by atoms with van der Waals surface area (Å²) in [5.74, 6) is -0.231. The molecule has 7 heteroatoms. The van der Waals surface area contributed by atoms with Crippen molar-refractivity contribution in [2.24, 2.45) is 4.99 Å². The Labute approximate surface area is 160 Å². The zero-order valence-corrected chi connectivity index (χ0v) is 16.6. The fourth-order valence-corrected chi connectivity index (χ4v) is 2.73. The standard InChI is InChI=1S/C17H26F2N4.HI/c1-3-5-10-21-17(20-4-2)22-13-9-11-23(12-13)16-14(18)7-6-8-15(16)19;/h6-8,13H,3-5,9-12H2,1-2H3,(H2,20,21,22);1H. The van der Waals surface area contributed by atoms with E-state index in [9.17, 15) is 8.78 Å². The van der Waals surface area contributed by atoms with Crippen LogP contribution < -0.4 is 15.5 Å². The molecule has 1 heterocycles. The highest BCUT2D eigenvalue weighted by Gasteiger charge is 2.27. The highest BCUT2D eigenvalue weighted by Crippen LogP contribution is 2.26. The van der Waals surface area contributed by atoms with Gasteiger partial charge in [-0.25, -0.2) is 8.78 Å². The smallest absolute Gasteiger partial charge is 0.191 e. The van der Waals surface area contributed by atoms with Gasteiger partial charge in [0.25, 0.3) is 0 Å². The van der Waals surface area contributed by atoms with E-state index in [-0.39, 0.29) is 35.7 Å². The SMILES string of the molecule is CCCCN=C(NCC)NC1CCN(c2c(F)cccc2F)C1.I. The molecule has 0 saturated carbocycles. The van der Waals surface area contributed by atoms with Gasteiger partial charge in [-0.05, 0) is 31.9 Å². The maximum atomic E-state index is 13.9. The molecule has 1 aliphatic heterocycles. The quantitative estimate of drug-likeness (QED) is 0.301. The number of aliphatic imine (C=N–C) groups is 1. The Balaban J connectivity index is 0.00000288. The molecule has 136 valence electrons. The maximum Gasteiger partial charge on any atom is 0.191 e. The van der Waals surface area contributed by atoms with E-state index in [4.69, 9.17) is 0 Å². The zero-order chi connectivity index (χ0) is 16.7. The van der Waals surface area contributed by atoms with Crippen molar-refractivity contribution < 1.29 is 8.78 Å². The summed E-state index contributed by atoms with van der Waals surface area (Å²) in [6.45, 7) is 6.92. The topological polar surface area (TPSA) is 39.7 Å². The summed E-state index contributed by atoms with van der Waals surface area (Å²) in [5, 5.41) is 6.58. The number of unbranched alkanes of at least 4 members (excludes halogenated alkanes) is 1. The van der Waals surface area contributed by atoms with Gasteiger partial charge in [0.1, 0.15) is 17.3 Å². The van der Waals surface area contributed by atoms with Gasteiger partial charge < -0.3 is 15.5 Å². The monoisotopic (exact) mass is 452 g/mol. The van der Waals surface area contributed by atoms with Gasteiger partial charge in [0.2, 0.25) is 0 Å². The van der Waals surface area contributed by atoms with E-state index in [0.29, 0.717) is 13.1 Å². The van der Waals surface area contributed by atoms with Crippen LogP contribution >= 0.6 is 24.0 Å². The molecule has 0 aromatic heterocycles. The lowest BCUT2D eigenvalue weighted by atomic mass is 10.2. The molecule has 0 amide bonds. The average Bonchev–Trinajstić information content (AvgIpc) is 2.95. The van der Waals surface area contributed by atoms with Gasteiger partial charge in [-0.1, -0.05) is 19.4 Å². The Morgan fingerprint density at radius 2 is 2.00 bits per heavy atom. The number of benzene rings is 1. The predicted molar refractivity (Wildman–Crippen MR) is 106 cm³/mol. The number of nitrogens with zero attached hydrogens (tertiary/aromatic N) is 2. The molecule has 0 radical (unpaired) electrons. The molecule has 1 fully saturated rings. The van der Waals surface area contributed by atoms with Crippen molar-refractivity contribution in [2.45, 2.75) is 39.2 Å². The molecule has 2 N–H and O–H groups in total. The van der Waals surface area contributed by atoms with Crippen LogP contribution in [0.25, 0.3) is 0 Å². The van der Waals surface area contributed by atoms with E-state index in [0.717, 1.165) is 38.3 Å². The van der Waals surface area contributed by atoms with Gasteiger partial charge in [0.05, 0.1) is 0 Å². The molecule has 1 aromatic carbocycles. The minimum absolute atomic E-state index is 0. The van der Waals surface area contributed by atoms with Crippen LogP contribution in [0.5, 0.6) is 0 Å². The Bertz CT molecular complexity index is 519. The number of hydrogen-bond donors (Lipinski definition) is 2. The normalized spacial score (nSPS) is 17.6. The molecular formula is C17H27F2IN4. The molecule has 4 nitrogen and oxygen atoms in total. The third-order valence-corrected chi connectivity index (χ3v) is 3.91. The van der Waals surface area contributed by atoms with Gasteiger partial charge in [-0.2, -0.15) is 0 Å². The van der Waals surface area contributed by atoms with Gasteiger partial charge in [-0.15, -0.1) is 24.0 Å². The van der Waals surface area contributed by atoms with Crippen molar-refractivity contribution in [3.8, 4) is 0 Å². The van der Waals surface area contributed by atoms with Crippen LogP contribution in [0, 0.1) is 11.6 Å². The second-order valence-electron chi connectivity index (χ2n) is 5.76. The maximum absolute atomic E-state index is 13.9. The van der Waals surface area contributed by atoms with Crippen LogP contribution in [0.4, 0.5) is 14.5 Å². The summed E-state index contributed by atoms with van der Waals surface area (Å²) in [6, 6.07) is 4.13. The molecule has 0 bridgehead atoms. The van der Waals surface area contributed by atoms with Gasteiger partial charge in [0.15, 0.2) is 5.96 Å². The minimum atomic E-state index is -0.505. The molecule has 1 aromatic rings. The lowest BCUT2D eigenvalue weighted by Crippen LogP contribution is -2.44. The van der Waals surface area contributed by atoms with Crippen LogP contribution in [0.2, 0.25) is 0 Å². The van der Waals surface area contributed by atoms with Crippen LogP contribution in [-0.4, -0.2) is 38.2 Å². The number of hydrogen-bond acceptors (Lipinski definition) is 2. The molecule has 1 unspecified atom stereocenters. The highest BCUT2D eigenvalue weighted by atomic mass is 127. The first-order valence-corrected chi connectivity index (χ1v) is 8.39. The number of anilines is 1. The van der Waals surface area contributed by atoms with E-state index in [2.05, 4.69) is 22.5 Å². The summed E-state index contributed by atoms with van der Waals surface area (Å²) in [6.07, 6.45) is 2.98. The predicted octanol–water partition coefficient (Wildman–Crippen LogP) is 3.52. The molecule has 2 rings (SSSR count). The Morgan fingerprint density at radius 1 is 1.29 bits per heavy atom. The molecular weight excluding hydrogens is 425 g/mol. The van der Waals surface area contributed by atoms with E-state index < -0.39 is 11.6 Å². The van der Waals surface area contributed by atoms with Crippen LogP contribution in [0.15, 0.2) is 23.2 Å². The molecule has 1 aliphatic rings. The van der Waals surface area contributed by atoms with E-state index in [1.165, 1.54) is 18.2 Å². The van der Waals surface area contributed by atoms with Crippen molar-refractivity contribution in [3.05, 3.63) is 29.8 Å². The van der Waals surface area contributed by atoms with Crippen molar-refractivity contribution in [2.75, 3.05) is 31.1 Å². The molecule has 24 heavy (non-hydrogen) atoms. The van der Waals surface area contributed by atoms with E-state index >= 15 is 0 Å². The van der Waals surface area contributed by atoms with Crippen LogP contribution in [0.1, 0.15) is 33.1 Å². The number of halogens is 3. The third kappa shape index (κ3) is 5.75. The first-order valence-electron chi connectivity index (χ1n) is 8.39. The van der Waals surface area contributed by atoms with E-state index in [1.807, 2.05) is 6.92 Å². The molecule has 1 atom stereocenters. The number of nitrogens with one attached hydrogen (secondary N) is 2. The van der Waals surface area contributed by atoms with Crippen molar-refractivity contribution in [1.82, 2.24) is 10.6 Å². The van der Waals surface area contributed by atoms with Crippen molar-refractivity contribution in [3.63, 3.8) is 0 Å². The lowest BCUT2D eigenvalue weighted by molar-refractivity contribution is 0.576. The van der Waals surface area contributed by atoms with Gasteiger partial charge in [0, 0.05) is 32.2 Å². The Morgan fingerprint density at radius 3 is 2.62 bits per heavy atom. The molecule has 0 spiro atoms. The second kappa shape index (κ2) is 10.7. The zero-order valence-electron chi connectivity index (χ0n) is 14.3. The summed E-state index contributed by atoms with van der Waals surface area (Å²) in [4.78, 5) is 6.29. The van der Waals surface area contributed by atoms with Gasteiger partial charge >= 0.3 is 0 Å². The third-order valence-electron chi connectivity index (χ3n) is 3.91. The fourth-order valence-electron chi connectivity index (χ4n) is 2.73. The van der Waals surface area contributed by atoms with Crippen molar-refractivity contribution in [1.29, 1.82) is 0 Å². The van der Waals surface area contributed by atoms with E-state index in [1.54, 1.807) is 4.90 Å². The average molecular weight is 452 g/mol. The largest absolute Gasteiger partial charge is 0.365 e. The fraction of sp³-hybridized carbons (Fsp3) is 0.588. The Kier molecular flexibility index (Phi) is 9.31. The first kappa shape index (κ1) is 20.9. The summed E-state index contributed by atoms with van der Waals surface area (Å²) < 4.78 is 27.8. The van der Waals surface area contributed by atoms with Crippen LogP contribution in [-0.2, 0) is 0 Å². The summed E-state index contributed by atoms with van der Waals surface area (Å²) in [5.41, 5.74) is 0.0738. The number of guanidine groups is 1. The second-order valence-corrected chi connectivity index (χ2v) is 5.76. The van der Waals surface area contributed by atoms with Gasteiger partial charge in [-0.3, -0.25) is 4.99 Å². The summed E-state index contributed by atoms with van der Waals surface area (Å²) in [7, 11) is 0. The molecule has 0 aliphatic carbocycles. The molecule has 1 saturated heterocycles. The van der Waals surface area contributed by atoms with Crippen LogP contribution in [0.3, 0.4) is 0 Å². The van der Waals surface area contributed by atoms with Crippen molar-refractivity contribution >= 4 is 35.6 Å². The summed E-state index contributed by atoms with van der Waals surface area (Å²) >= 11 is 0.